The molecule has 1 aromatic heterocycles. The van der Waals surface area contributed by atoms with Crippen LogP contribution in [0.15, 0.2) is 49.2 Å². The lowest BCUT2D eigenvalue weighted by Gasteiger charge is -2.11. The van der Waals surface area contributed by atoms with Crippen LogP contribution in [0.1, 0.15) is 20.8 Å². The summed E-state index contributed by atoms with van der Waals surface area (Å²) < 4.78 is 10.4. The predicted molar refractivity (Wildman–Crippen MR) is 94.3 cm³/mol. The number of aromatic nitrogens is 1. The fourth-order valence-corrected chi connectivity index (χ4v) is 2.06. The van der Waals surface area contributed by atoms with Crippen LogP contribution < -0.4 is 20.1 Å². The smallest absolute Gasteiger partial charge is 0.274 e. The Balaban J connectivity index is 2.21. The molecular weight excluding hydrogens is 322 g/mol. The van der Waals surface area contributed by atoms with E-state index in [2.05, 4.69) is 22.2 Å². The van der Waals surface area contributed by atoms with Crippen LogP contribution in [0.5, 0.6) is 11.5 Å². The van der Waals surface area contributed by atoms with Gasteiger partial charge in [0.25, 0.3) is 11.8 Å². The van der Waals surface area contributed by atoms with Gasteiger partial charge in [-0.2, -0.15) is 0 Å². The van der Waals surface area contributed by atoms with Gasteiger partial charge in [0.1, 0.15) is 17.2 Å². The van der Waals surface area contributed by atoms with E-state index in [9.17, 15) is 9.59 Å². The van der Waals surface area contributed by atoms with E-state index in [0.717, 1.165) is 0 Å². The van der Waals surface area contributed by atoms with Gasteiger partial charge in [-0.25, -0.2) is 0 Å². The van der Waals surface area contributed by atoms with Crippen molar-refractivity contribution in [2.45, 2.75) is 0 Å². The molecule has 0 fully saturated rings. The van der Waals surface area contributed by atoms with Crippen molar-refractivity contribution in [2.24, 2.45) is 0 Å². The number of nitrogens with one attached hydrogen (secondary N) is 2. The lowest BCUT2D eigenvalue weighted by Crippen LogP contribution is -2.24. The summed E-state index contributed by atoms with van der Waals surface area (Å²) in [5, 5.41) is 5.35. The molecule has 0 spiro atoms. The number of hydrogen-bond acceptors (Lipinski definition) is 5. The van der Waals surface area contributed by atoms with Crippen molar-refractivity contribution in [1.82, 2.24) is 10.3 Å². The van der Waals surface area contributed by atoms with Crippen molar-refractivity contribution in [3.8, 4) is 11.5 Å². The van der Waals surface area contributed by atoms with Gasteiger partial charge in [0, 0.05) is 24.4 Å². The average Bonchev–Trinajstić information content (AvgIpc) is 2.66. The van der Waals surface area contributed by atoms with Crippen LogP contribution in [0.3, 0.4) is 0 Å². The SMILES string of the molecule is C=CCNC(=O)c1ccnc(C(=O)Nc2cc(OC)ccc2OC)c1. The molecule has 0 saturated carbocycles. The number of hydrogen-bond donors (Lipinski definition) is 2. The van der Waals surface area contributed by atoms with Gasteiger partial charge in [-0.3, -0.25) is 14.6 Å². The first-order valence-electron chi connectivity index (χ1n) is 7.47. The van der Waals surface area contributed by atoms with E-state index in [4.69, 9.17) is 9.47 Å². The summed E-state index contributed by atoms with van der Waals surface area (Å²) in [4.78, 5) is 28.4. The van der Waals surface area contributed by atoms with Crippen LogP contribution in [0.2, 0.25) is 0 Å². The van der Waals surface area contributed by atoms with Crippen LogP contribution in [-0.2, 0) is 0 Å². The molecule has 1 aromatic carbocycles. The Kier molecular flexibility index (Phi) is 6.11. The van der Waals surface area contributed by atoms with Crippen molar-refractivity contribution in [3.63, 3.8) is 0 Å². The molecule has 130 valence electrons. The lowest BCUT2D eigenvalue weighted by atomic mass is 10.2. The third-order valence-electron chi connectivity index (χ3n) is 3.32. The van der Waals surface area contributed by atoms with Crippen molar-refractivity contribution in [2.75, 3.05) is 26.1 Å². The highest BCUT2D eigenvalue weighted by atomic mass is 16.5. The first-order valence-corrected chi connectivity index (χ1v) is 7.47. The second-order valence-electron chi connectivity index (χ2n) is 4.95. The summed E-state index contributed by atoms with van der Waals surface area (Å²) in [5.74, 6) is 0.274. The number of methoxy groups -OCH3 is 2. The molecule has 0 aliphatic carbocycles. The van der Waals surface area contributed by atoms with E-state index >= 15 is 0 Å². The number of amides is 2. The molecule has 2 rings (SSSR count). The topological polar surface area (TPSA) is 89.6 Å². The number of carbonyl (C=O) groups is 2. The van der Waals surface area contributed by atoms with Gasteiger partial charge >= 0.3 is 0 Å². The van der Waals surface area contributed by atoms with Gasteiger partial charge in [-0.15, -0.1) is 6.58 Å². The molecule has 2 aromatic rings. The maximum absolute atomic E-state index is 12.5. The van der Waals surface area contributed by atoms with E-state index in [1.165, 1.54) is 32.5 Å². The van der Waals surface area contributed by atoms with E-state index in [1.807, 2.05) is 0 Å². The maximum Gasteiger partial charge on any atom is 0.274 e. The largest absolute Gasteiger partial charge is 0.497 e. The predicted octanol–water partition coefficient (Wildman–Crippen LogP) is 2.27. The molecule has 2 amide bonds. The van der Waals surface area contributed by atoms with Crippen molar-refractivity contribution < 1.29 is 19.1 Å². The van der Waals surface area contributed by atoms with Gasteiger partial charge in [-0.05, 0) is 24.3 Å². The minimum absolute atomic E-state index is 0.108. The number of nitrogens with zero attached hydrogens (tertiary/aromatic N) is 1. The molecule has 0 bridgehead atoms. The summed E-state index contributed by atoms with van der Waals surface area (Å²) in [5.41, 5.74) is 0.880. The molecular formula is C18H19N3O4. The normalized spacial score (nSPS) is 9.84. The molecule has 1 heterocycles. The molecule has 0 unspecified atom stereocenters. The molecule has 7 heteroatoms. The Morgan fingerprint density at radius 1 is 1.16 bits per heavy atom. The molecule has 25 heavy (non-hydrogen) atoms. The van der Waals surface area contributed by atoms with Gasteiger partial charge in [0.05, 0.1) is 19.9 Å². The third kappa shape index (κ3) is 4.57. The van der Waals surface area contributed by atoms with Gasteiger partial charge in [0.15, 0.2) is 0 Å². The van der Waals surface area contributed by atoms with Crippen LogP contribution in [-0.4, -0.2) is 37.6 Å². The van der Waals surface area contributed by atoms with Crippen LogP contribution in [0, 0.1) is 0 Å². The third-order valence-corrected chi connectivity index (χ3v) is 3.32. The summed E-state index contributed by atoms with van der Waals surface area (Å²) in [6.45, 7) is 3.87. The number of benzene rings is 1. The first-order chi connectivity index (χ1) is 12.1. The lowest BCUT2D eigenvalue weighted by molar-refractivity contribution is 0.0958. The zero-order valence-corrected chi connectivity index (χ0v) is 14.0. The second kappa shape index (κ2) is 8.49. The van der Waals surface area contributed by atoms with E-state index in [-0.39, 0.29) is 11.6 Å². The second-order valence-corrected chi connectivity index (χ2v) is 4.95. The molecule has 0 aliphatic rings. The highest BCUT2D eigenvalue weighted by Gasteiger charge is 2.14. The zero-order chi connectivity index (χ0) is 18.2. The maximum atomic E-state index is 12.5. The number of anilines is 1. The van der Waals surface area contributed by atoms with E-state index in [1.54, 1.807) is 24.3 Å². The first kappa shape index (κ1) is 18.0. The fourth-order valence-electron chi connectivity index (χ4n) is 2.06. The Hall–Kier alpha value is -3.35. The Morgan fingerprint density at radius 2 is 1.96 bits per heavy atom. The summed E-state index contributed by atoms with van der Waals surface area (Å²) >= 11 is 0. The molecule has 0 radical (unpaired) electrons. The van der Waals surface area contributed by atoms with Crippen LogP contribution >= 0.6 is 0 Å². The fraction of sp³-hybridized carbons (Fsp3) is 0.167. The number of rotatable bonds is 7. The van der Waals surface area contributed by atoms with E-state index < -0.39 is 5.91 Å². The number of ether oxygens (including phenoxy) is 2. The van der Waals surface area contributed by atoms with Gasteiger partial charge < -0.3 is 20.1 Å². The van der Waals surface area contributed by atoms with Crippen LogP contribution in [0.4, 0.5) is 5.69 Å². The highest BCUT2D eigenvalue weighted by Crippen LogP contribution is 2.29. The standard InChI is InChI=1S/C18H19N3O4/c1-4-8-20-17(22)12-7-9-19-15(10-12)18(23)21-14-11-13(24-2)5-6-16(14)25-3/h4-7,9-11H,1,8H2,2-3H3,(H,20,22)(H,21,23). The molecule has 0 aliphatic heterocycles. The monoisotopic (exact) mass is 341 g/mol. The Labute approximate surface area is 145 Å². The van der Waals surface area contributed by atoms with Crippen molar-refractivity contribution in [1.29, 1.82) is 0 Å². The molecule has 0 saturated heterocycles. The Morgan fingerprint density at radius 3 is 2.64 bits per heavy atom. The highest BCUT2D eigenvalue weighted by molar-refractivity contribution is 6.05. The molecule has 0 atom stereocenters. The Bertz CT molecular complexity index is 790. The van der Waals surface area contributed by atoms with Crippen molar-refractivity contribution in [3.05, 3.63) is 60.4 Å². The minimum atomic E-state index is -0.468. The quantitative estimate of drug-likeness (QED) is 0.754. The van der Waals surface area contributed by atoms with Gasteiger partial charge in [0.2, 0.25) is 0 Å². The molecule has 7 nitrogen and oxygen atoms in total. The number of pyridine rings is 1. The average molecular weight is 341 g/mol. The van der Waals surface area contributed by atoms with Crippen molar-refractivity contribution >= 4 is 17.5 Å². The summed E-state index contributed by atoms with van der Waals surface area (Å²) in [7, 11) is 3.03. The molecule has 2 N–H and O–H groups in total. The summed E-state index contributed by atoms with van der Waals surface area (Å²) in [6, 6.07) is 7.98. The zero-order valence-electron chi connectivity index (χ0n) is 14.0. The summed E-state index contributed by atoms with van der Waals surface area (Å²) in [6.07, 6.45) is 2.97. The van der Waals surface area contributed by atoms with Crippen LogP contribution in [0.25, 0.3) is 0 Å². The van der Waals surface area contributed by atoms with E-state index in [0.29, 0.717) is 29.3 Å². The number of carbonyl (C=O) groups excluding carboxylic acids is 2. The minimum Gasteiger partial charge on any atom is -0.497 e. The van der Waals surface area contributed by atoms with Gasteiger partial charge in [-0.1, -0.05) is 6.08 Å².